The maximum absolute atomic E-state index is 6.03. The van der Waals surface area contributed by atoms with Crippen LogP contribution in [0.15, 0.2) is 12.3 Å². The van der Waals surface area contributed by atoms with Gasteiger partial charge in [-0.05, 0) is 42.9 Å². The van der Waals surface area contributed by atoms with Crippen molar-refractivity contribution in [2.45, 2.75) is 13.8 Å². The van der Waals surface area contributed by atoms with E-state index in [4.69, 9.17) is 11.6 Å². The first kappa shape index (κ1) is 10.7. The van der Waals surface area contributed by atoms with E-state index >= 15 is 0 Å². The average molecular weight is 254 g/mol. The minimum atomic E-state index is 0.766. The van der Waals surface area contributed by atoms with Crippen molar-refractivity contribution < 1.29 is 0 Å². The Hall–Kier alpha value is -0.820. The molecule has 2 aromatic heterocycles. The summed E-state index contributed by atoms with van der Waals surface area (Å²) < 4.78 is 4.84. The van der Waals surface area contributed by atoms with Crippen molar-refractivity contribution in [1.82, 2.24) is 4.37 Å². The highest BCUT2D eigenvalue weighted by Crippen LogP contribution is 2.26. The molecule has 0 bridgehead atoms. The molecule has 0 spiro atoms. The fraction of sp³-hybridized carbons (Fsp3) is 0.182. The predicted molar refractivity (Wildman–Crippen MR) is 66.9 cm³/mol. The Labute approximate surface area is 102 Å². The van der Waals surface area contributed by atoms with Crippen LogP contribution >= 0.6 is 34.5 Å². The molecule has 0 N–H and O–H groups in total. The van der Waals surface area contributed by atoms with E-state index in [1.807, 2.05) is 26.1 Å². The first-order valence-corrected chi connectivity index (χ1v) is 6.33. The van der Waals surface area contributed by atoms with Crippen LogP contribution in [0.3, 0.4) is 0 Å². The molecule has 0 saturated heterocycles. The lowest BCUT2D eigenvalue weighted by atomic mass is 10.3. The summed E-state index contributed by atoms with van der Waals surface area (Å²) in [6, 6.07) is 2.01. The van der Waals surface area contributed by atoms with Crippen LogP contribution in [0.25, 0.3) is 0 Å². The Morgan fingerprint density at radius 2 is 2.13 bits per heavy atom. The standard InChI is InChI=1S/C11H8ClNS2/c1-7-6-13-15-10(7)4-3-9-5-8(2)14-11(9)12/h5-6H,1-2H3. The largest absolute Gasteiger partial charge is 0.200 e. The molecule has 2 heterocycles. The van der Waals surface area contributed by atoms with Crippen LogP contribution < -0.4 is 0 Å². The number of aryl methyl sites for hydroxylation is 2. The second-order valence-electron chi connectivity index (χ2n) is 3.13. The van der Waals surface area contributed by atoms with Gasteiger partial charge in [0.1, 0.15) is 9.21 Å². The maximum atomic E-state index is 6.03. The van der Waals surface area contributed by atoms with Gasteiger partial charge in [-0.1, -0.05) is 17.5 Å². The van der Waals surface area contributed by atoms with E-state index in [9.17, 15) is 0 Å². The fourth-order valence-corrected chi connectivity index (χ4v) is 2.86. The minimum Gasteiger partial charge on any atom is -0.200 e. The van der Waals surface area contributed by atoms with E-state index in [1.165, 1.54) is 16.4 Å². The molecule has 0 radical (unpaired) electrons. The van der Waals surface area contributed by atoms with Gasteiger partial charge in [0.2, 0.25) is 0 Å². The van der Waals surface area contributed by atoms with Crippen LogP contribution in [0.2, 0.25) is 4.34 Å². The van der Waals surface area contributed by atoms with Gasteiger partial charge in [-0.2, -0.15) is 4.37 Å². The predicted octanol–water partition coefficient (Wildman–Crippen LogP) is 3.87. The topological polar surface area (TPSA) is 12.9 Å². The lowest BCUT2D eigenvalue weighted by molar-refractivity contribution is 1.44. The van der Waals surface area contributed by atoms with Gasteiger partial charge in [0, 0.05) is 11.1 Å². The third-order valence-corrected chi connectivity index (χ3v) is 3.96. The molecular formula is C11H8ClNS2. The number of nitrogens with zero attached hydrogens (tertiary/aromatic N) is 1. The zero-order valence-electron chi connectivity index (χ0n) is 8.30. The molecular weight excluding hydrogens is 246 g/mol. The number of thiophene rings is 1. The molecule has 15 heavy (non-hydrogen) atoms. The van der Waals surface area contributed by atoms with E-state index in [2.05, 4.69) is 16.2 Å². The van der Waals surface area contributed by atoms with Gasteiger partial charge in [0.05, 0.1) is 5.56 Å². The van der Waals surface area contributed by atoms with Gasteiger partial charge in [0.15, 0.2) is 0 Å². The van der Waals surface area contributed by atoms with Crippen molar-refractivity contribution in [3.8, 4) is 11.8 Å². The summed E-state index contributed by atoms with van der Waals surface area (Å²) in [6.07, 6.45) is 1.83. The molecule has 0 saturated carbocycles. The normalized spacial score (nSPS) is 9.80. The zero-order chi connectivity index (χ0) is 10.8. The molecule has 1 nitrogen and oxygen atoms in total. The first-order chi connectivity index (χ1) is 7.16. The third kappa shape index (κ3) is 2.40. The van der Waals surface area contributed by atoms with Crippen molar-refractivity contribution in [1.29, 1.82) is 0 Å². The Kier molecular flexibility index (Phi) is 3.11. The molecule has 0 amide bonds. The van der Waals surface area contributed by atoms with Crippen LogP contribution in [0.1, 0.15) is 20.9 Å². The fourth-order valence-electron chi connectivity index (χ4n) is 1.11. The minimum absolute atomic E-state index is 0.766. The molecule has 4 heteroatoms. The van der Waals surface area contributed by atoms with E-state index in [-0.39, 0.29) is 0 Å². The van der Waals surface area contributed by atoms with Crippen molar-refractivity contribution in [2.24, 2.45) is 0 Å². The monoisotopic (exact) mass is 253 g/mol. The van der Waals surface area contributed by atoms with E-state index in [1.54, 1.807) is 11.3 Å². The number of rotatable bonds is 0. The molecule has 0 aromatic carbocycles. The van der Waals surface area contributed by atoms with Crippen LogP contribution in [0.5, 0.6) is 0 Å². The maximum Gasteiger partial charge on any atom is 0.109 e. The second-order valence-corrected chi connectivity index (χ2v) is 5.79. The van der Waals surface area contributed by atoms with Gasteiger partial charge in [-0.15, -0.1) is 11.3 Å². The summed E-state index contributed by atoms with van der Waals surface area (Å²) in [5, 5.41) is 0. The van der Waals surface area contributed by atoms with Crippen molar-refractivity contribution in [3.05, 3.63) is 37.5 Å². The van der Waals surface area contributed by atoms with Crippen molar-refractivity contribution in [2.75, 3.05) is 0 Å². The van der Waals surface area contributed by atoms with Crippen molar-refractivity contribution in [3.63, 3.8) is 0 Å². The molecule has 0 aliphatic heterocycles. The third-order valence-electron chi connectivity index (χ3n) is 1.87. The summed E-state index contributed by atoms with van der Waals surface area (Å²) in [4.78, 5) is 2.19. The van der Waals surface area contributed by atoms with E-state index in [0.717, 1.165) is 20.3 Å². The van der Waals surface area contributed by atoms with E-state index in [0.29, 0.717) is 0 Å². The molecule has 0 fully saturated rings. The summed E-state index contributed by atoms with van der Waals surface area (Å²) in [5.74, 6) is 6.17. The first-order valence-electron chi connectivity index (χ1n) is 4.36. The molecule has 0 atom stereocenters. The van der Waals surface area contributed by atoms with Gasteiger partial charge in [-0.25, -0.2) is 0 Å². The Balaban J connectivity index is 2.33. The van der Waals surface area contributed by atoms with Crippen LogP contribution in [0, 0.1) is 25.7 Å². The molecule has 2 rings (SSSR count). The summed E-state index contributed by atoms with van der Waals surface area (Å²) in [6.45, 7) is 4.04. The summed E-state index contributed by atoms with van der Waals surface area (Å²) in [5.41, 5.74) is 2.03. The number of hydrogen-bond acceptors (Lipinski definition) is 3. The van der Waals surface area contributed by atoms with Crippen LogP contribution in [-0.4, -0.2) is 4.37 Å². The van der Waals surface area contributed by atoms with Crippen LogP contribution in [-0.2, 0) is 0 Å². The number of aromatic nitrogens is 1. The lowest BCUT2D eigenvalue weighted by Crippen LogP contribution is -1.71. The lowest BCUT2D eigenvalue weighted by Gasteiger charge is -1.83. The highest BCUT2D eigenvalue weighted by atomic mass is 35.5. The van der Waals surface area contributed by atoms with E-state index < -0.39 is 0 Å². The number of halogens is 1. The molecule has 0 aliphatic rings. The van der Waals surface area contributed by atoms with Gasteiger partial charge in [0.25, 0.3) is 0 Å². The highest BCUT2D eigenvalue weighted by molar-refractivity contribution is 7.16. The highest BCUT2D eigenvalue weighted by Gasteiger charge is 2.01. The van der Waals surface area contributed by atoms with Crippen LogP contribution in [0.4, 0.5) is 0 Å². The smallest absolute Gasteiger partial charge is 0.109 e. The summed E-state index contributed by atoms with van der Waals surface area (Å²) >= 11 is 9.01. The molecule has 2 aromatic rings. The Morgan fingerprint density at radius 3 is 2.67 bits per heavy atom. The van der Waals surface area contributed by atoms with Crippen molar-refractivity contribution >= 4 is 34.5 Å². The molecule has 0 aliphatic carbocycles. The molecule has 76 valence electrons. The second kappa shape index (κ2) is 4.36. The van der Waals surface area contributed by atoms with Gasteiger partial charge >= 0.3 is 0 Å². The Morgan fingerprint density at radius 1 is 1.33 bits per heavy atom. The quantitative estimate of drug-likeness (QED) is 0.650. The summed E-state index contributed by atoms with van der Waals surface area (Å²) in [7, 11) is 0. The SMILES string of the molecule is Cc1cc(C#Cc2sncc2C)c(Cl)s1. The zero-order valence-corrected chi connectivity index (χ0v) is 10.7. The average Bonchev–Trinajstić information content (AvgIpc) is 2.70. The Bertz CT molecular complexity index is 542. The molecule has 0 unspecified atom stereocenters. The van der Waals surface area contributed by atoms with Gasteiger partial charge in [-0.3, -0.25) is 0 Å². The number of hydrogen-bond donors (Lipinski definition) is 0. The van der Waals surface area contributed by atoms with Gasteiger partial charge < -0.3 is 0 Å².